The summed E-state index contributed by atoms with van der Waals surface area (Å²) in [7, 11) is 1.26. The third kappa shape index (κ3) is 4.80. The van der Waals surface area contributed by atoms with Gasteiger partial charge in [-0.2, -0.15) is 0 Å². The lowest BCUT2D eigenvalue weighted by atomic mass is 10.2. The van der Waals surface area contributed by atoms with Crippen molar-refractivity contribution < 1.29 is 14.3 Å². The molecular weight excluding hydrogens is 246 g/mol. The van der Waals surface area contributed by atoms with Crippen LogP contribution < -0.4 is 11.1 Å². The molecule has 0 fully saturated rings. The van der Waals surface area contributed by atoms with Crippen LogP contribution in [-0.4, -0.2) is 30.5 Å². The predicted molar refractivity (Wildman–Crippen MR) is 63.7 cm³/mol. The fourth-order valence-electron chi connectivity index (χ4n) is 1.06. The zero-order chi connectivity index (χ0) is 12.0. The first-order valence-electron chi connectivity index (χ1n) is 4.67. The molecule has 0 bridgehead atoms. The van der Waals surface area contributed by atoms with Crippen LogP contribution in [0.2, 0.25) is 0 Å². The third-order valence-corrected chi connectivity index (χ3v) is 1.91. The van der Waals surface area contributed by atoms with E-state index < -0.39 is 5.97 Å². The fraction of sp³-hybridized carbons (Fsp3) is 0.300. The molecule has 0 saturated carbocycles. The molecule has 0 aliphatic rings. The van der Waals surface area contributed by atoms with Crippen molar-refractivity contribution in [3.8, 4) is 0 Å². The minimum atomic E-state index is -0.499. The predicted octanol–water partition coefficient (Wildman–Crippen LogP) is -0.135. The van der Waals surface area contributed by atoms with Crippen molar-refractivity contribution in [1.29, 1.82) is 0 Å². The highest BCUT2D eigenvalue weighted by atomic mass is 35.5. The number of amides is 1. The van der Waals surface area contributed by atoms with Crippen molar-refractivity contribution >= 4 is 24.3 Å². The Labute approximate surface area is 105 Å². The Balaban J connectivity index is 0.00000256. The van der Waals surface area contributed by atoms with Gasteiger partial charge in [0.15, 0.2) is 0 Å². The molecular formula is C10H14ClN3O3. The molecule has 0 radical (unpaired) electrons. The van der Waals surface area contributed by atoms with Crippen molar-refractivity contribution in [2.45, 2.75) is 6.54 Å². The zero-order valence-electron chi connectivity index (χ0n) is 9.30. The number of nitrogens with one attached hydrogen (secondary N) is 1. The maximum Gasteiger partial charge on any atom is 0.325 e. The number of halogens is 1. The molecule has 1 heterocycles. The van der Waals surface area contributed by atoms with Crippen LogP contribution in [0.1, 0.15) is 16.1 Å². The van der Waals surface area contributed by atoms with Gasteiger partial charge in [0, 0.05) is 18.3 Å². The van der Waals surface area contributed by atoms with E-state index in [1.54, 1.807) is 12.1 Å². The number of carbonyl (C=O) groups is 2. The van der Waals surface area contributed by atoms with Crippen molar-refractivity contribution in [2.75, 3.05) is 13.7 Å². The average molecular weight is 260 g/mol. The first kappa shape index (κ1) is 15.3. The number of hydrogen-bond acceptors (Lipinski definition) is 5. The molecule has 0 saturated heterocycles. The van der Waals surface area contributed by atoms with E-state index in [1.807, 2.05) is 0 Å². The van der Waals surface area contributed by atoms with Crippen LogP contribution >= 0.6 is 12.4 Å². The molecule has 94 valence electrons. The summed E-state index contributed by atoms with van der Waals surface area (Å²) in [4.78, 5) is 26.3. The van der Waals surface area contributed by atoms with Crippen LogP contribution in [0.3, 0.4) is 0 Å². The van der Waals surface area contributed by atoms with E-state index in [-0.39, 0.29) is 31.4 Å². The van der Waals surface area contributed by atoms with Crippen LogP contribution in [0.5, 0.6) is 0 Å². The Hall–Kier alpha value is -1.66. The molecule has 0 aromatic carbocycles. The molecule has 7 heteroatoms. The van der Waals surface area contributed by atoms with E-state index in [9.17, 15) is 9.59 Å². The molecule has 0 aliphatic carbocycles. The molecule has 1 aromatic rings. The maximum atomic E-state index is 11.5. The van der Waals surface area contributed by atoms with Crippen molar-refractivity contribution in [3.05, 3.63) is 29.6 Å². The first-order chi connectivity index (χ1) is 7.67. The number of carbonyl (C=O) groups excluding carboxylic acids is 2. The molecule has 0 aliphatic heterocycles. The Morgan fingerprint density at radius 3 is 2.82 bits per heavy atom. The summed E-state index contributed by atoms with van der Waals surface area (Å²) in [5.74, 6) is -0.857. The van der Waals surface area contributed by atoms with Gasteiger partial charge in [-0.05, 0) is 12.1 Å². The third-order valence-electron chi connectivity index (χ3n) is 1.91. The minimum absolute atomic E-state index is 0. The Kier molecular flexibility index (Phi) is 6.85. The van der Waals surface area contributed by atoms with Crippen LogP contribution in [0.25, 0.3) is 0 Å². The van der Waals surface area contributed by atoms with Gasteiger partial charge in [0.1, 0.15) is 6.54 Å². The molecule has 0 atom stereocenters. The number of aromatic nitrogens is 1. The maximum absolute atomic E-state index is 11.5. The molecule has 3 N–H and O–H groups in total. The number of hydrogen-bond donors (Lipinski definition) is 2. The molecule has 0 spiro atoms. The molecule has 1 rings (SSSR count). The van der Waals surface area contributed by atoms with E-state index in [0.29, 0.717) is 11.3 Å². The second-order valence-corrected chi connectivity index (χ2v) is 3.00. The summed E-state index contributed by atoms with van der Waals surface area (Å²) >= 11 is 0. The Bertz CT molecular complexity index is 398. The van der Waals surface area contributed by atoms with Crippen LogP contribution in [0, 0.1) is 0 Å². The van der Waals surface area contributed by atoms with Gasteiger partial charge in [-0.25, -0.2) is 0 Å². The molecule has 0 unspecified atom stereocenters. The molecule has 1 aromatic heterocycles. The summed E-state index contributed by atoms with van der Waals surface area (Å²) < 4.78 is 4.40. The number of methoxy groups -OCH3 is 1. The van der Waals surface area contributed by atoms with Crippen molar-refractivity contribution in [1.82, 2.24) is 10.3 Å². The van der Waals surface area contributed by atoms with Crippen LogP contribution in [0.15, 0.2) is 18.3 Å². The summed E-state index contributed by atoms with van der Waals surface area (Å²) in [5.41, 5.74) is 6.43. The summed E-state index contributed by atoms with van der Waals surface area (Å²) in [6, 6.07) is 3.12. The van der Waals surface area contributed by atoms with Gasteiger partial charge in [-0.15, -0.1) is 12.4 Å². The van der Waals surface area contributed by atoms with Crippen molar-refractivity contribution in [2.24, 2.45) is 5.73 Å². The minimum Gasteiger partial charge on any atom is -0.468 e. The monoisotopic (exact) mass is 259 g/mol. The second kappa shape index (κ2) is 7.59. The lowest BCUT2D eigenvalue weighted by Gasteiger charge is -2.04. The normalized spacial score (nSPS) is 9.06. The molecule has 17 heavy (non-hydrogen) atoms. The first-order valence-corrected chi connectivity index (χ1v) is 4.67. The molecule has 1 amide bonds. The SMILES string of the molecule is COC(=O)CNC(=O)c1ccnc(CN)c1.Cl. The van der Waals surface area contributed by atoms with Gasteiger partial charge in [0.25, 0.3) is 5.91 Å². The van der Waals surface area contributed by atoms with Gasteiger partial charge < -0.3 is 15.8 Å². The van der Waals surface area contributed by atoms with Crippen LogP contribution in [-0.2, 0) is 16.1 Å². The summed E-state index contributed by atoms with van der Waals surface area (Å²) in [5, 5.41) is 2.42. The molecule has 6 nitrogen and oxygen atoms in total. The quantitative estimate of drug-likeness (QED) is 0.735. The van der Waals surface area contributed by atoms with E-state index in [4.69, 9.17) is 5.73 Å². The number of nitrogens with two attached hydrogens (primary N) is 1. The van der Waals surface area contributed by atoms with Crippen molar-refractivity contribution in [3.63, 3.8) is 0 Å². The smallest absolute Gasteiger partial charge is 0.325 e. The fourth-order valence-corrected chi connectivity index (χ4v) is 1.06. The van der Waals surface area contributed by atoms with Gasteiger partial charge >= 0.3 is 5.97 Å². The van der Waals surface area contributed by atoms with Gasteiger partial charge in [-0.3, -0.25) is 14.6 Å². The highest BCUT2D eigenvalue weighted by Crippen LogP contribution is 2.00. The number of esters is 1. The lowest BCUT2D eigenvalue weighted by molar-refractivity contribution is -0.139. The number of rotatable bonds is 4. The van der Waals surface area contributed by atoms with Crippen LogP contribution in [0.4, 0.5) is 0 Å². The zero-order valence-corrected chi connectivity index (χ0v) is 10.1. The second-order valence-electron chi connectivity index (χ2n) is 3.00. The summed E-state index contributed by atoms with van der Waals surface area (Å²) in [6.07, 6.45) is 1.50. The summed E-state index contributed by atoms with van der Waals surface area (Å²) in [6.45, 7) is 0.105. The number of pyridine rings is 1. The number of nitrogens with zero attached hydrogens (tertiary/aromatic N) is 1. The van der Waals surface area contributed by atoms with E-state index in [2.05, 4.69) is 15.0 Å². The van der Waals surface area contributed by atoms with Gasteiger partial charge in [-0.1, -0.05) is 0 Å². The standard InChI is InChI=1S/C10H13N3O3.ClH/c1-16-9(14)6-13-10(15)7-2-3-12-8(4-7)5-11;/h2-4H,5-6,11H2,1H3,(H,13,15);1H. The lowest BCUT2D eigenvalue weighted by Crippen LogP contribution is -2.30. The van der Waals surface area contributed by atoms with E-state index in [0.717, 1.165) is 0 Å². The highest BCUT2D eigenvalue weighted by molar-refractivity contribution is 5.95. The van der Waals surface area contributed by atoms with Gasteiger partial charge in [0.05, 0.1) is 12.8 Å². The largest absolute Gasteiger partial charge is 0.468 e. The average Bonchev–Trinajstić information content (AvgIpc) is 2.35. The van der Waals surface area contributed by atoms with E-state index in [1.165, 1.54) is 13.3 Å². The highest BCUT2D eigenvalue weighted by Gasteiger charge is 2.08. The Morgan fingerprint density at radius 1 is 1.53 bits per heavy atom. The van der Waals surface area contributed by atoms with Gasteiger partial charge in [0.2, 0.25) is 0 Å². The number of ether oxygens (including phenoxy) is 1. The topological polar surface area (TPSA) is 94.3 Å². The van der Waals surface area contributed by atoms with E-state index >= 15 is 0 Å². The Morgan fingerprint density at radius 2 is 2.24 bits per heavy atom.